The van der Waals surface area contributed by atoms with Crippen molar-refractivity contribution in [3.05, 3.63) is 36.0 Å². The first kappa shape index (κ1) is 27.2. The van der Waals surface area contributed by atoms with E-state index in [1.54, 1.807) is 6.20 Å². The number of methoxy groups -OCH3 is 1. The fourth-order valence-corrected chi connectivity index (χ4v) is 2.99. The zero-order valence-electron chi connectivity index (χ0n) is 16.3. The van der Waals surface area contributed by atoms with E-state index in [0.29, 0.717) is 13.0 Å². The molecule has 1 aromatic heterocycles. The molecule has 29 heavy (non-hydrogen) atoms. The smallest absolute Gasteiger partial charge is 0.328 e. The van der Waals surface area contributed by atoms with Gasteiger partial charge in [0.15, 0.2) is 0 Å². The van der Waals surface area contributed by atoms with Crippen molar-refractivity contribution >= 4 is 47.6 Å². The lowest BCUT2D eigenvalue weighted by molar-refractivity contribution is -0.146. The third-order valence-corrected chi connectivity index (χ3v) is 4.57. The normalized spacial score (nSPS) is 13.5. The van der Waals surface area contributed by atoms with Crippen molar-refractivity contribution < 1.29 is 19.4 Å². The number of esters is 1. The van der Waals surface area contributed by atoms with E-state index in [9.17, 15) is 14.7 Å². The van der Waals surface area contributed by atoms with Crippen LogP contribution in [0.5, 0.6) is 0 Å². The quantitative estimate of drug-likeness (QED) is 0.271. The van der Waals surface area contributed by atoms with E-state index in [0.717, 1.165) is 29.3 Å². The summed E-state index contributed by atoms with van der Waals surface area (Å²) in [6.07, 6.45) is 2.58. The molecule has 7 N–H and O–H groups in total. The van der Waals surface area contributed by atoms with Gasteiger partial charge in [0.2, 0.25) is 0 Å². The molecule has 0 aliphatic heterocycles. The van der Waals surface area contributed by atoms with Crippen molar-refractivity contribution in [2.45, 2.75) is 43.9 Å². The van der Waals surface area contributed by atoms with Crippen LogP contribution in [0.15, 0.2) is 30.5 Å². The molecular weight excluding hydrogens is 419 g/mol. The molecule has 2 aromatic rings. The molecule has 0 bridgehead atoms. The first-order valence-corrected chi connectivity index (χ1v) is 9.04. The van der Waals surface area contributed by atoms with Gasteiger partial charge in [-0.3, -0.25) is 4.79 Å². The fraction of sp³-hybridized carbons (Fsp3) is 0.474. The van der Waals surface area contributed by atoms with Crippen LogP contribution in [0.25, 0.3) is 10.9 Å². The molecule has 0 fully saturated rings. The largest absolute Gasteiger partial charge is 0.467 e. The Morgan fingerprint density at radius 2 is 1.93 bits per heavy atom. The highest BCUT2D eigenvalue weighted by Crippen LogP contribution is 2.19. The molecule has 1 amide bonds. The van der Waals surface area contributed by atoms with Crippen molar-refractivity contribution in [1.82, 2.24) is 10.3 Å². The van der Waals surface area contributed by atoms with Crippen molar-refractivity contribution in [1.29, 1.82) is 0 Å². The van der Waals surface area contributed by atoms with Gasteiger partial charge in [0.1, 0.15) is 12.1 Å². The maximum absolute atomic E-state index is 12.4. The van der Waals surface area contributed by atoms with Crippen LogP contribution in [0.2, 0.25) is 0 Å². The van der Waals surface area contributed by atoms with E-state index in [4.69, 9.17) is 16.2 Å². The summed E-state index contributed by atoms with van der Waals surface area (Å²) in [5, 5.41) is 13.7. The van der Waals surface area contributed by atoms with Gasteiger partial charge in [0.25, 0.3) is 5.91 Å². The zero-order chi connectivity index (χ0) is 19.8. The number of para-hydroxylation sites is 1. The van der Waals surface area contributed by atoms with Crippen LogP contribution in [0, 0.1) is 0 Å². The van der Waals surface area contributed by atoms with E-state index < -0.39 is 30.1 Å². The number of nitrogens with one attached hydrogen (secondary N) is 2. The van der Waals surface area contributed by atoms with Crippen LogP contribution in [0.1, 0.15) is 24.8 Å². The third kappa shape index (κ3) is 7.49. The summed E-state index contributed by atoms with van der Waals surface area (Å²) < 4.78 is 4.80. The number of carbonyl (C=O) groups excluding carboxylic acids is 2. The second kappa shape index (κ2) is 13.4. The molecule has 0 radical (unpaired) electrons. The van der Waals surface area contributed by atoms with Crippen LogP contribution < -0.4 is 16.8 Å². The van der Waals surface area contributed by atoms with Crippen LogP contribution in [0.4, 0.5) is 0 Å². The minimum absolute atomic E-state index is 0. The first-order valence-electron chi connectivity index (χ1n) is 9.04. The van der Waals surface area contributed by atoms with E-state index >= 15 is 0 Å². The van der Waals surface area contributed by atoms with Crippen molar-refractivity contribution in [3.63, 3.8) is 0 Å². The maximum Gasteiger partial charge on any atom is 0.328 e. The van der Waals surface area contributed by atoms with Gasteiger partial charge in [0.05, 0.1) is 7.11 Å². The number of H-pyrrole nitrogens is 1. The van der Waals surface area contributed by atoms with E-state index in [2.05, 4.69) is 10.3 Å². The molecule has 1 aromatic carbocycles. The lowest BCUT2D eigenvalue weighted by Gasteiger charge is -2.22. The summed E-state index contributed by atoms with van der Waals surface area (Å²) in [6, 6.07) is 6.02. The van der Waals surface area contributed by atoms with E-state index in [1.165, 1.54) is 7.11 Å². The highest BCUT2D eigenvalue weighted by Gasteiger charge is 2.29. The Morgan fingerprint density at radius 1 is 1.24 bits per heavy atom. The van der Waals surface area contributed by atoms with Crippen LogP contribution in [-0.2, 0) is 20.7 Å². The summed E-state index contributed by atoms with van der Waals surface area (Å²) >= 11 is 0. The number of aromatic amines is 1. The predicted octanol–water partition coefficient (Wildman–Crippen LogP) is 1.03. The van der Waals surface area contributed by atoms with Gasteiger partial charge in [-0.15, -0.1) is 24.8 Å². The van der Waals surface area contributed by atoms with Crippen LogP contribution in [-0.4, -0.2) is 53.8 Å². The number of halogens is 2. The third-order valence-electron chi connectivity index (χ3n) is 4.57. The summed E-state index contributed by atoms with van der Waals surface area (Å²) in [6.45, 7) is 0.532. The number of aromatic nitrogens is 1. The average Bonchev–Trinajstić information content (AvgIpc) is 3.09. The molecule has 10 heteroatoms. The second-order valence-corrected chi connectivity index (χ2v) is 6.54. The molecule has 3 atom stereocenters. The highest BCUT2D eigenvalue weighted by atomic mass is 35.5. The number of rotatable bonds is 10. The number of amides is 1. The molecule has 0 spiro atoms. The molecule has 164 valence electrons. The fourth-order valence-electron chi connectivity index (χ4n) is 2.99. The van der Waals surface area contributed by atoms with Crippen molar-refractivity contribution in [2.24, 2.45) is 11.5 Å². The van der Waals surface area contributed by atoms with Gasteiger partial charge in [-0.25, -0.2) is 4.79 Å². The number of aliphatic hydroxyl groups is 1. The molecule has 2 rings (SSSR count). The minimum atomic E-state index is -1.40. The average molecular weight is 449 g/mol. The molecular formula is C19H30Cl2N4O4. The van der Waals surface area contributed by atoms with Gasteiger partial charge >= 0.3 is 5.97 Å². The second-order valence-electron chi connectivity index (χ2n) is 6.54. The Kier molecular flexibility index (Phi) is 12.5. The van der Waals surface area contributed by atoms with E-state index in [1.807, 2.05) is 24.3 Å². The standard InChI is InChI=1S/C19H28N4O4.2ClH/c1-27-19(26)16(10-12-11-22-15-8-3-2-6-13(12)15)23-18(25)17(24)14(21)7-4-5-9-20;;/h2-3,6,8,11,14,16-17,22,24H,4-5,7,9-10,20-21H2,1H3,(H,23,25);2*1H/t14-,16+,17-;;/m1../s1. The predicted molar refractivity (Wildman–Crippen MR) is 117 cm³/mol. The molecule has 0 aliphatic carbocycles. The lowest BCUT2D eigenvalue weighted by Crippen LogP contribution is -2.52. The van der Waals surface area contributed by atoms with Crippen molar-refractivity contribution in [3.8, 4) is 0 Å². The Bertz CT molecular complexity index is 772. The van der Waals surface area contributed by atoms with Crippen LogP contribution in [0.3, 0.4) is 0 Å². The minimum Gasteiger partial charge on any atom is -0.467 e. The zero-order valence-corrected chi connectivity index (χ0v) is 17.9. The lowest BCUT2D eigenvalue weighted by atomic mass is 10.0. The van der Waals surface area contributed by atoms with Gasteiger partial charge < -0.3 is 31.6 Å². The summed E-state index contributed by atoms with van der Waals surface area (Å²) in [5.41, 5.74) is 13.1. The Hall–Kier alpha value is -1.84. The van der Waals surface area contributed by atoms with Crippen LogP contribution >= 0.6 is 24.8 Å². The first-order chi connectivity index (χ1) is 13.0. The van der Waals surface area contributed by atoms with E-state index in [-0.39, 0.29) is 31.2 Å². The summed E-state index contributed by atoms with van der Waals surface area (Å²) in [5.74, 6) is -1.27. The molecule has 0 saturated heterocycles. The molecule has 0 aliphatic rings. The number of hydrogen-bond acceptors (Lipinski definition) is 6. The summed E-state index contributed by atoms with van der Waals surface area (Å²) in [4.78, 5) is 27.6. The van der Waals surface area contributed by atoms with Gasteiger partial charge in [-0.05, 0) is 31.0 Å². The molecule has 0 unspecified atom stereocenters. The molecule has 1 heterocycles. The number of hydrogen-bond donors (Lipinski definition) is 5. The van der Waals surface area contributed by atoms with Gasteiger partial charge in [-0.2, -0.15) is 0 Å². The number of ether oxygens (including phenoxy) is 1. The Morgan fingerprint density at radius 3 is 2.59 bits per heavy atom. The number of nitrogens with two attached hydrogens (primary N) is 2. The van der Waals surface area contributed by atoms with Crippen molar-refractivity contribution in [2.75, 3.05) is 13.7 Å². The SMILES string of the molecule is COC(=O)[C@H](Cc1c[nH]c2ccccc12)NC(=O)[C@H](O)[C@H](N)CCCCN.Cl.Cl. The number of unbranched alkanes of at least 4 members (excludes halogenated alkanes) is 1. The van der Waals surface area contributed by atoms with Gasteiger partial charge in [-0.1, -0.05) is 24.6 Å². The Balaban J connectivity index is 0.00000392. The van der Waals surface area contributed by atoms with Gasteiger partial charge in [0, 0.05) is 29.6 Å². The highest BCUT2D eigenvalue weighted by molar-refractivity contribution is 5.89. The molecule has 8 nitrogen and oxygen atoms in total. The summed E-state index contributed by atoms with van der Waals surface area (Å²) in [7, 11) is 1.26. The number of aliphatic hydroxyl groups excluding tert-OH is 1. The Labute approximate surface area is 182 Å². The topological polar surface area (TPSA) is 143 Å². The maximum atomic E-state index is 12.4. The number of benzene rings is 1. The monoisotopic (exact) mass is 448 g/mol. The number of fused-ring (bicyclic) bond motifs is 1. The number of carbonyl (C=O) groups is 2. The molecule has 0 saturated carbocycles.